The van der Waals surface area contributed by atoms with Crippen molar-refractivity contribution >= 4 is 18.3 Å². The zero-order valence-electron chi connectivity index (χ0n) is 14.2. The zero-order valence-corrected chi connectivity index (χ0v) is 15.0. The number of carbonyl (C=O) groups is 1. The highest BCUT2D eigenvalue weighted by Crippen LogP contribution is 2.33. The summed E-state index contributed by atoms with van der Waals surface area (Å²) in [7, 11) is 0. The second-order valence-electron chi connectivity index (χ2n) is 6.58. The molecule has 2 N–H and O–H groups in total. The number of nitrogens with two attached hydrogens (primary N) is 1. The molecule has 0 spiro atoms. The van der Waals surface area contributed by atoms with Crippen LogP contribution >= 0.6 is 12.4 Å². The third kappa shape index (κ3) is 4.14. The molecule has 3 rings (SSSR count). The first-order valence-electron chi connectivity index (χ1n) is 8.58. The second kappa shape index (κ2) is 8.58. The van der Waals surface area contributed by atoms with E-state index >= 15 is 0 Å². The fraction of sp³-hybridized carbons (Fsp3) is 0.611. The highest BCUT2D eigenvalue weighted by molar-refractivity contribution is 5.85. The predicted octanol–water partition coefficient (Wildman–Crippen LogP) is 3.09. The monoisotopic (exact) mass is 354 g/mol. The molecule has 1 saturated carbocycles. The average Bonchev–Trinajstić information content (AvgIpc) is 3.07. The molecule has 1 heterocycles. The summed E-state index contributed by atoms with van der Waals surface area (Å²) < 4.78 is 10.8. The molecular formula is C18H27ClN2O3. The van der Waals surface area contributed by atoms with E-state index in [9.17, 15) is 4.79 Å². The van der Waals surface area contributed by atoms with Crippen LogP contribution in [0.25, 0.3) is 0 Å². The van der Waals surface area contributed by atoms with E-state index in [1.165, 1.54) is 19.3 Å². The molecule has 0 aromatic heterocycles. The third-order valence-electron chi connectivity index (χ3n) is 4.86. The van der Waals surface area contributed by atoms with Gasteiger partial charge in [-0.25, -0.2) is 0 Å². The number of hydrogen-bond donors (Lipinski definition) is 1. The SMILES string of the molecule is CC(CN)C(=O)N(Cc1ccc2c(c1)OCO2)C1CCCCC1.Cl. The Kier molecular flexibility index (Phi) is 6.75. The fourth-order valence-corrected chi connectivity index (χ4v) is 3.40. The standard InChI is InChI=1S/C18H26N2O3.ClH/c1-13(10-19)18(21)20(15-5-3-2-4-6-15)11-14-7-8-16-17(9-14)23-12-22-16;/h7-9,13,15H,2-6,10-12,19H2,1H3;1H. The number of hydrogen-bond acceptors (Lipinski definition) is 4. The largest absolute Gasteiger partial charge is 0.454 e. The van der Waals surface area contributed by atoms with Gasteiger partial charge in [-0.2, -0.15) is 0 Å². The minimum atomic E-state index is -0.133. The van der Waals surface area contributed by atoms with Crippen LogP contribution < -0.4 is 15.2 Å². The van der Waals surface area contributed by atoms with E-state index in [4.69, 9.17) is 15.2 Å². The van der Waals surface area contributed by atoms with E-state index in [-0.39, 0.29) is 31.0 Å². The summed E-state index contributed by atoms with van der Waals surface area (Å²) in [4.78, 5) is 14.8. The molecule has 2 aliphatic rings. The second-order valence-corrected chi connectivity index (χ2v) is 6.58. The van der Waals surface area contributed by atoms with Crippen LogP contribution in [0.4, 0.5) is 0 Å². The van der Waals surface area contributed by atoms with Gasteiger partial charge in [0.2, 0.25) is 12.7 Å². The molecule has 1 fully saturated rings. The number of rotatable bonds is 5. The highest BCUT2D eigenvalue weighted by Gasteiger charge is 2.28. The zero-order chi connectivity index (χ0) is 16.2. The molecule has 134 valence electrons. The van der Waals surface area contributed by atoms with Gasteiger partial charge in [-0.1, -0.05) is 32.3 Å². The molecular weight excluding hydrogens is 328 g/mol. The maximum absolute atomic E-state index is 12.8. The number of nitrogens with zero attached hydrogens (tertiary/aromatic N) is 1. The van der Waals surface area contributed by atoms with E-state index < -0.39 is 0 Å². The van der Waals surface area contributed by atoms with Gasteiger partial charge in [0.15, 0.2) is 11.5 Å². The molecule has 1 aliphatic carbocycles. The van der Waals surface area contributed by atoms with Crippen LogP contribution in [0, 0.1) is 5.92 Å². The van der Waals surface area contributed by atoms with Gasteiger partial charge >= 0.3 is 0 Å². The average molecular weight is 355 g/mol. The fourth-order valence-electron chi connectivity index (χ4n) is 3.40. The number of carbonyl (C=O) groups excluding carboxylic acids is 1. The summed E-state index contributed by atoms with van der Waals surface area (Å²) in [5.74, 6) is 1.58. The molecule has 1 unspecified atom stereocenters. The lowest BCUT2D eigenvalue weighted by atomic mass is 9.92. The molecule has 0 radical (unpaired) electrons. The van der Waals surface area contributed by atoms with Gasteiger partial charge in [0.25, 0.3) is 0 Å². The van der Waals surface area contributed by atoms with Crippen molar-refractivity contribution in [2.24, 2.45) is 11.7 Å². The Labute approximate surface area is 149 Å². The van der Waals surface area contributed by atoms with Gasteiger partial charge in [0.05, 0.1) is 0 Å². The van der Waals surface area contributed by atoms with E-state index in [1.54, 1.807) is 0 Å². The molecule has 1 atom stereocenters. The number of benzene rings is 1. The molecule has 1 aromatic carbocycles. The van der Waals surface area contributed by atoms with Gasteiger partial charge in [0, 0.05) is 25.0 Å². The van der Waals surface area contributed by atoms with Crippen molar-refractivity contribution in [3.05, 3.63) is 23.8 Å². The predicted molar refractivity (Wildman–Crippen MR) is 95.5 cm³/mol. The first-order valence-corrected chi connectivity index (χ1v) is 8.58. The Bertz CT molecular complexity index is 561. The smallest absolute Gasteiger partial charge is 0.231 e. The van der Waals surface area contributed by atoms with Crippen molar-refractivity contribution in [2.75, 3.05) is 13.3 Å². The molecule has 1 aromatic rings. The first kappa shape index (κ1) is 18.9. The Hall–Kier alpha value is -1.46. The minimum Gasteiger partial charge on any atom is -0.454 e. The van der Waals surface area contributed by atoms with Crippen molar-refractivity contribution < 1.29 is 14.3 Å². The van der Waals surface area contributed by atoms with E-state index in [1.807, 2.05) is 30.0 Å². The van der Waals surface area contributed by atoms with Crippen LogP contribution in [0.2, 0.25) is 0 Å². The Balaban J connectivity index is 0.00000208. The van der Waals surface area contributed by atoms with Crippen molar-refractivity contribution in [3.8, 4) is 11.5 Å². The highest BCUT2D eigenvalue weighted by atomic mass is 35.5. The van der Waals surface area contributed by atoms with Crippen LogP contribution in [0.5, 0.6) is 11.5 Å². The Morgan fingerprint density at radius 1 is 1.25 bits per heavy atom. The van der Waals surface area contributed by atoms with Crippen LogP contribution in [-0.4, -0.2) is 30.2 Å². The van der Waals surface area contributed by atoms with Crippen LogP contribution in [0.1, 0.15) is 44.6 Å². The summed E-state index contributed by atoms with van der Waals surface area (Å²) in [5, 5.41) is 0. The molecule has 1 amide bonds. The molecule has 24 heavy (non-hydrogen) atoms. The lowest BCUT2D eigenvalue weighted by molar-refractivity contribution is -0.138. The summed E-state index contributed by atoms with van der Waals surface area (Å²) in [6.45, 7) is 3.19. The van der Waals surface area contributed by atoms with Gasteiger partial charge in [-0.05, 0) is 30.5 Å². The molecule has 1 aliphatic heterocycles. The summed E-state index contributed by atoms with van der Waals surface area (Å²) in [6, 6.07) is 6.26. The number of halogens is 1. The molecule has 5 nitrogen and oxygen atoms in total. The Morgan fingerprint density at radius 2 is 1.96 bits per heavy atom. The lowest BCUT2D eigenvalue weighted by Gasteiger charge is -2.36. The van der Waals surface area contributed by atoms with Crippen LogP contribution in [0.15, 0.2) is 18.2 Å². The maximum atomic E-state index is 12.8. The van der Waals surface area contributed by atoms with Gasteiger partial charge in [-0.3, -0.25) is 4.79 Å². The maximum Gasteiger partial charge on any atom is 0.231 e. The van der Waals surface area contributed by atoms with Gasteiger partial charge in [0.1, 0.15) is 0 Å². The third-order valence-corrected chi connectivity index (χ3v) is 4.86. The summed E-state index contributed by atoms with van der Waals surface area (Å²) in [5.41, 5.74) is 6.80. The quantitative estimate of drug-likeness (QED) is 0.882. The summed E-state index contributed by atoms with van der Waals surface area (Å²) in [6.07, 6.45) is 5.86. The van der Waals surface area contributed by atoms with Gasteiger partial charge in [-0.15, -0.1) is 12.4 Å². The minimum absolute atomic E-state index is 0. The molecule has 0 saturated heterocycles. The molecule has 6 heteroatoms. The van der Waals surface area contributed by atoms with E-state index in [2.05, 4.69) is 0 Å². The lowest BCUT2D eigenvalue weighted by Crippen LogP contribution is -2.44. The van der Waals surface area contributed by atoms with Crippen molar-refractivity contribution in [1.29, 1.82) is 0 Å². The number of ether oxygens (including phenoxy) is 2. The molecule has 0 bridgehead atoms. The Morgan fingerprint density at radius 3 is 2.67 bits per heavy atom. The van der Waals surface area contributed by atoms with E-state index in [0.717, 1.165) is 29.9 Å². The van der Waals surface area contributed by atoms with Gasteiger partial charge < -0.3 is 20.1 Å². The number of amides is 1. The van der Waals surface area contributed by atoms with Crippen LogP contribution in [-0.2, 0) is 11.3 Å². The summed E-state index contributed by atoms with van der Waals surface area (Å²) >= 11 is 0. The van der Waals surface area contributed by atoms with Crippen LogP contribution in [0.3, 0.4) is 0 Å². The van der Waals surface area contributed by atoms with E-state index in [0.29, 0.717) is 19.1 Å². The normalized spacial score (nSPS) is 17.9. The first-order chi connectivity index (χ1) is 11.2. The topological polar surface area (TPSA) is 64.8 Å². The van der Waals surface area contributed by atoms with Crippen molar-refractivity contribution in [3.63, 3.8) is 0 Å². The van der Waals surface area contributed by atoms with Crippen molar-refractivity contribution in [2.45, 2.75) is 51.6 Å². The van der Waals surface area contributed by atoms with Crippen molar-refractivity contribution in [1.82, 2.24) is 4.90 Å². The number of fused-ring (bicyclic) bond motifs is 1.